The van der Waals surface area contributed by atoms with Crippen molar-refractivity contribution in [2.75, 3.05) is 20.7 Å². The molecule has 5 heteroatoms. The summed E-state index contributed by atoms with van der Waals surface area (Å²) >= 11 is 0. The number of carboxylic acids is 1. The van der Waals surface area contributed by atoms with Crippen molar-refractivity contribution in [2.24, 2.45) is 0 Å². The van der Waals surface area contributed by atoms with Crippen molar-refractivity contribution < 1.29 is 19.4 Å². The Hall–Kier alpha value is -2.04. The summed E-state index contributed by atoms with van der Waals surface area (Å²) in [5.41, 5.74) is 1.08. The fraction of sp³-hybridized carbons (Fsp3) is 0.429. The second kappa shape index (κ2) is 6.78. The zero-order valence-corrected chi connectivity index (χ0v) is 11.5. The molecule has 0 unspecified atom stereocenters. The van der Waals surface area contributed by atoms with Crippen molar-refractivity contribution in [3.8, 4) is 5.75 Å². The standard InChI is InChI=1S/C14H19NO4/c1-10-6-7-11(14(17)18)9-12(10)19-8-4-5-13(16)15(2)3/h6-7,9H,4-5,8H2,1-3H3,(H,17,18). The zero-order chi connectivity index (χ0) is 14.4. The predicted molar refractivity (Wildman–Crippen MR) is 71.6 cm³/mol. The van der Waals surface area contributed by atoms with E-state index in [1.54, 1.807) is 26.2 Å². The normalized spacial score (nSPS) is 10.1. The minimum atomic E-state index is -0.979. The SMILES string of the molecule is Cc1ccc(C(=O)O)cc1OCCCC(=O)N(C)C. The Kier molecular flexibility index (Phi) is 5.36. The first kappa shape index (κ1) is 15.0. The van der Waals surface area contributed by atoms with Crippen LogP contribution in [-0.4, -0.2) is 42.6 Å². The van der Waals surface area contributed by atoms with Crippen LogP contribution in [-0.2, 0) is 4.79 Å². The Labute approximate surface area is 112 Å². The molecule has 0 aliphatic carbocycles. The lowest BCUT2D eigenvalue weighted by Crippen LogP contribution is -2.21. The van der Waals surface area contributed by atoms with Crippen LogP contribution in [0.5, 0.6) is 5.75 Å². The highest BCUT2D eigenvalue weighted by atomic mass is 16.5. The summed E-state index contributed by atoms with van der Waals surface area (Å²) in [5, 5.41) is 8.90. The van der Waals surface area contributed by atoms with Gasteiger partial charge in [0.1, 0.15) is 5.75 Å². The Bertz CT molecular complexity index is 469. The third-order valence-corrected chi connectivity index (χ3v) is 2.73. The molecule has 5 nitrogen and oxygen atoms in total. The summed E-state index contributed by atoms with van der Waals surface area (Å²) in [6.45, 7) is 2.25. The molecule has 0 heterocycles. The minimum absolute atomic E-state index is 0.0552. The second-order valence-corrected chi connectivity index (χ2v) is 4.53. The zero-order valence-electron chi connectivity index (χ0n) is 11.5. The summed E-state index contributed by atoms with van der Waals surface area (Å²) in [6.07, 6.45) is 1.03. The number of nitrogens with zero attached hydrogens (tertiary/aromatic N) is 1. The number of ether oxygens (including phenoxy) is 1. The maximum atomic E-state index is 11.4. The van der Waals surface area contributed by atoms with Crippen LogP contribution < -0.4 is 4.74 Å². The van der Waals surface area contributed by atoms with Crippen molar-refractivity contribution in [3.63, 3.8) is 0 Å². The van der Waals surface area contributed by atoms with E-state index in [-0.39, 0.29) is 11.5 Å². The fourth-order valence-corrected chi connectivity index (χ4v) is 1.52. The molecule has 0 bridgehead atoms. The summed E-state index contributed by atoms with van der Waals surface area (Å²) in [7, 11) is 3.42. The number of hydrogen-bond donors (Lipinski definition) is 1. The first-order valence-electron chi connectivity index (χ1n) is 6.08. The highest BCUT2D eigenvalue weighted by Crippen LogP contribution is 2.20. The number of aryl methyl sites for hydroxylation is 1. The van der Waals surface area contributed by atoms with E-state index in [9.17, 15) is 9.59 Å². The van der Waals surface area contributed by atoms with Gasteiger partial charge in [-0.2, -0.15) is 0 Å². The van der Waals surface area contributed by atoms with E-state index in [2.05, 4.69) is 0 Å². The lowest BCUT2D eigenvalue weighted by Gasteiger charge is -2.12. The summed E-state index contributed by atoms with van der Waals surface area (Å²) in [5.74, 6) is -0.371. The minimum Gasteiger partial charge on any atom is -0.493 e. The van der Waals surface area contributed by atoms with Crippen molar-refractivity contribution in [1.82, 2.24) is 4.90 Å². The maximum absolute atomic E-state index is 11.4. The monoisotopic (exact) mass is 265 g/mol. The van der Waals surface area contributed by atoms with E-state index in [1.807, 2.05) is 6.92 Å². The number of rotatable bonds is 6. The second-order valence-electron chi connectivity index (χ2n) is 4.53. The molecular formula is C14H19NO4. The van der Waals surface area contributed by atoms with Gasteiger partial charge >= 0.3 is 5.97 Å². The van der Waals surface area contributed by atoms with Crippen LogP contribution in [0.25, 0.3) is 0 Å². The smallest absolute Gasteiger partial charge is 0.335 e. The Balaban J connectivity index is 2.51. The molecule has 0 aliphatic rings. The number of aromatic carboxylic acids is 1. The molecule has 0 saturated carbocycles. The first-order valence-corrected chi connectivity index (χ1v) is 6.08. The Morgan fingerprint density at radius 1 is 1.32 bits per heavy atom. The molecular weight excluding hydrogens is 246 g/mol. The maximum Gasteiger partial charge on any atom is 0.335 e. The molecule has 19 heavy (non-hydrogen) atoms. The molecule has 1 aromatic carbocycles. The van der Waals surface area contributed by atoms with Crippen LogP contribution in [0.3, 0.4) is 0 Å². The third kappa shape index (κ3) is 4.62. The van der Waals surface area contributed by atoms with Gasteiger partial charge in [0.05, 0.1) is 12.2 Å². The molecule has 0 radical (unpaired) electrons. The summed E-state index contributed by atoms with van der Waals surface area (Å²) < 4.78 is 5.52. The number of hydrogen-bond acceptors (Lipinski definition) is 3. The average Bonchev–Trinajstić information content (AvgIpc) is 2.35. The van der Waals surface area contributed by atoms with Crippen LogP contribution in [0.2, 0.25) is 0 Å². The van der Waals surface area contributed by atoms with E-state index in [1.165, 1.54) is 11.0 Å². The highest BCUT2D eigenvalue weighted by molar-refractivity contribution is 5.88. The van der Waals surface area contributed by atoms with Crippen molar-refractivity contribution in [1.29, 1.82) is 0 Å². The first-order chi connectivity index (χ1) is 8.91. The van der Waals surface area contributed by atoms with E-state index in [4.69, 9.17) is 9.84 Å². The lowest BCUT2D eigenvalue weighted by molar-refractivity contribution is -0.128. The largest absolute Gasteiger partial charge is 0.493 e. The van der Waals surface area contributed by atoms with Gasteiger partial charge in [0.2, 0.25) is 5.91 Å². The Morgan fingerprint density at radius 2 is 2.00 bits per heavy atom. The number of carbonyl (C=O) groups is 2. The topological polar surface area (TPSA) is 66.8 Å². The van der Waals surface area contributed by atoms with E-state index in [0.717, 1.165) is 5.56 Å². The van der Waals surface area contributed by atoms with Crippen LogP contribution >= 0.6 is 0 Å². The molecule has 1 aromatic rings. The summed E-state index contributed by atoms with van der Waals surface area (Å²) in [4.78, 5) is 23.7. The molecule has 1 amide bonds. The van der Waals surface area contributed by atoms with Gasteiger partial charge in [0.25, 0.3) is 0 Å². The number of carbonyl (C=O) groups excluding carboxylic acids is 1. The van der Waals surface area contributed by atoms with Gasteiger partial charge in [-0.1, -0.05) is 6.07 Å². The van der Waals surface area contributed by atoms with Crippen LogP contribution in [0, 0.1) is 6.92 Å². The number of amides is 1. The molecule has 0 aliphatic heterocycles. The summed E-state index contributed by atoms with van der Waals surface area (Å²) in [6, 6.07) is 4.76. The molecule has 0 atom stereocenters. The van der Waals surface area contributed by atoms with Gasteiger partial charge in [-0.25, -0.2) is 4.79 Å². The Morgan fingerprint density at radius 3 is 2.58 bits per heavy atom. The van der Waals surface area contributed by atoms with Crippen LogP contribution in [0.4, 0.5) is 0 Å². The van der Waals surface area contributed by atoms with Crippen molar-refractivity contribution in [2.45, 2.75) is 19.8 Å². The molecule has 0 spiro atoms. The van der Waals surface area contributed by atoms with Crippen LogP contribution in [0.1, 0.15) is 28.8 Å². The van der Waals surface area contributed by atoms with Crippen molar-refractivity contribution >= 4 is 11.9 Å². The average molecular weight is 265 g/mol. The molecule has 1 rings (SSSR count). The molecule has 104 valence electrons. The van der Waals surface area contributed by atoms with Gasteiger partial charge < -0.3 is 14.7 Å². The number of benzene rings is 1. The van der Waals surface area contributed by atoms with Gasteiger partial charge in [-0.3, -0.25) is 4.79 Å². The van der Waals surface area contributed by atoms with Crippen molar-refractivity contribution in [3.05, 3.63) is 29.3 Å². The lowest BCUT2D eigenvalue weighted by atomic mass is 10.1. The molecule has 1 N–H and O–H groups in total. The molecule has 0 saturated heterocycles. The third-order valence-electron chi connectivity index (χ3n) is 2.73. The van der Waals surface area contributed by atoms with Crippen LogP contribution in [0.15, 0.2) is 18.2 Å². The fourth-order valence-electron chi connectivity index (χ4n) is 1.52. The number of carboxylic acid groups (broad SMARTS) is 1. The van der Waals surface area contributed by atoms with Gasteiger partial charge in [0, 0.05) is 20.5 Å². The van der Waals surface area contributed by atoms with E-state index >= 15 is 0 Å². The van der Waals surface area contributed by atoms with Gasteiger partial charge in [-0.05, 0) is 31.0 Å². The quantitative estimate of drug-likeness (QED) is 0.798. The molecule has 0 aromatic heterocycles. The van der Waals surface area contributed by atoms with E-state index < -0.39 is 5.97 Å². The van der Waals surface area contributed by atoms with Gasteiger partial charge in [0.15, 0.2) is 0 Å². The predicted octanol–water partition coefficient (Wildman–Crippen LogP) is 1.94. The highest BCUT2D eigenvalue weighted by Gasteiger charge is 2.08. The van der Waals surface area contributed by atoms with Gasteiger partial charge in [-0.15, -0.1) is 0 Å². The van der Waals surface area contributed by atoms with E-state index in [0.29, 0.717) is 25.2 Å². The molecule has 0 fully saturated rings.